The molecule has 3 rings (SSSR count). The number of fused-ring (bicyclic) bond motifs is 1. The van der Waals surface area contributed by atoms with Crippen molar-refractivity contribution in [2.75, 3.05) is 20.8 Å². The van der Waals surface area contributed by atoms with Gasteiger partial charge in [0.2, 0.25) is 0 Å². The molecule has 0 bridgehead atoms. The number of para-hydroxylation sites is 1. The number of benzene rings is 2. The molecule has 0 fully saturated rings. The van der Waals surface area contributed by atoms with E-state index in [4.69, 9.17) is 18.6 Å². The van der Waals surface area contributed by atoms with Crippen LogP contribution in [0.5, 0.6) is 17.2 Å². The number of ether oxygens (including phenoxy) is 3. The highest BCUT2D eigenvalue weighted by Gasteiger charge is 2.17. The first kappa shape index (κ1) is 18.6. The summed E-state index contributed by atoms with van der Waals surface area (Å²) >= 11 is 0. The van der Waals surface area contributed by atoms with E-state index in [-0.39, 0.29) is 18.6 Å². The Bertz CT molecular complexity index is 947. The molecule has 1 N–H and O–H groups in total. The fraction of sp³-hybridized carbons (Fsp3) is 0.286. The van der Waals surface area contributed by atoms with E-state index in [0.29, 0.717) is 28.6 Å². The summed E-state index contributed by atoms with van der Waals surface area (Å²) < 4.78 is 22.0. The average molecular weight is 369 g/mol. The van der Waals surface area contributed by atoms with E-state index in [1.165, 1.54) is 0 Å². The SMILES string of the molecule is COc1cc(C)ccc1OCC(=O)NC(C)c1cc2cccc(OC)c2o1. The molecule has 0 aliphatic rings. The summed E-state index contributed by atoms with van der Waals surface area (Å²) in [5, 5.41) is 3.80. The molecule has 0 aliphatic carbocycles. The Balaban J connectivity index is 1.64. The van der Waals surface area contributed by atoms with Gasteiger partial charge in [-0.3, -0.25) is 4.79 Å². The molecular formula is C21H23NO5. The number of amides is 1. The second-order valence-corrected chi connectivity index (χ2v) is 6.26. The molecule has 1 unspecified atom stereocenters. The summed E-state index contributed by atoms with van der Waals surface area (Å²) in [6.45, 7) is 3.70. The Hall–Kier alpha value is -3.15. The maximum absolute atomic E-state index is 12.3. The number of rotatable bonds is 7. The van der Waals surface area contributed by atoms with Crippen molar-refractivity contribution in [1.82, 2.24) is 5.32 Å². The van der Waals surface area contributed by atoms with Gasteiger partial charge in [-0.2, -0.15) is 0 Å². The van der Waals surface area contributed by atoms with E-state index >= 15 is 0 Å². The van der Waals surface area contributed by atoms with Gasteiger partial charge in [0.05, 0.1) is 20.3 Å². The van der Waals surface area contributed by atoms with Crippen molar-refractivity contribution < 1.29 is 23.4 Å². The van der Waals surface area contributed by atoms with Crippen LogP contribution in [0.2, 0.25) is 0 Å². The average Bonchev–Trinajstić information content (AvgIpc) is 3.11. The summed E-state index contributed by atoms with van der Waals surface area (Å²) in [5.41, 5.74) is 1.72. The second-order valence-electron chi connectivity index (χ2n) is 6.26. The molecule has 6 heteroatoms. The van der Waals surface area contributed by atoms with Gasteiger partial charge in [-0.1, -0.05) is 18.2 Å². The van der Waals surface area contributed by atoms with Crippen molar-refractivity contribution in [1.29, 1.82) is 0 Å². The predicted molar refractivity (Wildman–Crippen MR) is 103 cm³/mol. The highest BCUT2D eigenvalue weighted by Crippen LogP contribution is 2.31. The summed E-state index contributed by atoms with van der Waals surface area (Å²) in [7, 11) is 3.17. The Morgan fingerprint density at radius 2 is 1.85 bits per heavy atom. The molecule has 1 amide bonds. The largest absolute Gasteiger partial charge is 0.493 e. The third-order valence-electron chi connectivity index (χ3n) is 4.23. The van der Waals surface area contributed by atoms with Crippen LogP contribution in [0.1, 0.15) is 24.3 Å². The van der Waals surface area contributed by atoms with Gasteiger partial charge < -0.3 is 23.9 Å². The van der Waals surface area contributed by atoms with Crippen molar-refractivity contribution >= 4 is 16.9 Å². The lowest BCUT2D eigenvalue weighted by Gasteiger charge is -2.14. The molecule has 1 atom stereocenters. The summed E-state index contributed by atoms with van der Waals surface area (Å²) in [6, 6.07) is 12.8. The molecule has 0 saturated carbocycles. The minimum absolute atomic E-state index is 0.118. The fourth-order valence-electron chi connectivity index (χ4n) is 2.82. The first-order valence-corrected chi connectivity index (χ1v) is 8.65. The fourth-order valence-corrected chi connectivity index (χ4v) is 2.82. The Morgan fingerprint density at radius 3 is 2.59 bits per heavy atom. The third kappa shape index (κ3) is 4.16. The molecule has 1 heterocycles. The van der Waals surface area contributed by atoms with Gasteiger partial charge in [-0.15, -0.1) is 0 Å². The third-order valence-corrected chi connectivity index (χ3v) is 4.23. The van der Waals surface area contributed by atoms with E-state index in [9.17, 15) is 4.79 Å². The molecule has 27 heavy (non-hydrogen) atoms. The minimum atomic E-state index is -0.307. The van der Waals surface area contributed by atoms with Gasteiger partial charge in [-0.05, 0) is 43.7 Å². The number of carbonyl (C=O) groups is 1. The van der Waals surface area contributed by atoms with Crippen molar-refractivity contribution in [2.24, 2.45) is 0 Å². The van der Waals surface area contributed by atoms with Gasteiger partial charge in [0, 0.05) is 5.39 Å². The van der Waals surface area contributed by atoms with E-state index in [2.05, 4.69) is 5.32 Å². The lowest BCUT2D eigenvalue weighted by atomic mass is 10.2. The van der Waals surface area contributed by atoms with Gasteiger partial charge in [0.1, 0.15) is 5.76 Å². The van der Waals surface area contributed by atoms with E-state index < -0.39 is 0 Å². The lowest BCUT2D eigenvalue weighted by Crippen LogP contribution is -2.31. The predicted octanol–water partition coefficient (Wildman–Crippen LogP) is 4.01. The van der Waals surface area contributed by atoms with Crippen LogP contribution in [0, 0.1) is 6.92 Å². The zero-order valence-electron chi connectivity index (χ0n) is 15.9. The van der Waals surface area contributed by atoms with Crippen LogP contribution in [0.25, 0.3) is 11.0 Å². The van der Waals surface area contributed by atoms with E-state index in [1.54, 1.807) is 20.3 Å². The molecule has 0 saturated heterocycles. The Morgan fingerprint density at radius 1 is 1.07 bits per heavy atom. The van der Waals surface area contributed by atoms with Gasteiger partial charge in [0.25, 0.3) is 5.91 Å². The van der Waals surface area contributed by atoms with Crippen molar-refractivity contribution in [3.63, 3.8) is 0 Å². The van der Waals surface area contributed by atoms with Crippen LogP contribution in [-0.4, -0.2) is 26.7 Å². The van der Waals surface area contributed by atoms with Crippen LogP contribution < -0.4 is 19.5 Å². The molecule has 6 nitrogen and oxygen atoms in total. The molecule has 0 radical (unpaired) electrons. The van der Waals surface area contributed by atoms with Crippen LogP contribution in [-0.2, 0) is 4.79 Å². The van der Waals surface area contributed by atoms with Gasteiger partial charge in [-0.25, -0.2) is 0 Å². The number of methoxy groups -OCH3 is 2. The van der Waals surface area contributed by atoms with E-state index in [0.717, 1.165) is 10.9 Å². The Kier molecular flexibility index (Phi) is 5.54. The maximum Gasteiger partial charge on any atom is 0.258 e. The highest BCUT2D eigenvalue weighted by molar-refractivity contribution is 5.84. The van der Waals surface area contributed by atoms with Crippen molar-refractivity contribution in [3.8, 4) is 17.2 Å². The highest BCUT2D eigenvalue weighted by atomic mass is 16.5. The van der Waals surface area contributed by atoms with Gasteiger partial charge >= 0.3 is 0 Å². The minimum Gasteiger partial charge on any atom is -0.493 e. The van der Waals surface area contributed by atoms with E-state index in [1.807, 2.05) is 50.2 Å². The number of furan rings is 1. The topological polar surface area (TPSA) is 69.9 Å². The number of nitrogens with one attached hydrogen (secondary N) is 1. The number of hydrogen-bond acceptors (Lipinski definition) is 5. The van der Waals surface area contributed by atoms with Crippen LogP contribution in [0.3, 0.4) is 0 Å². The Labute approximate surface area is 158 Å². The second kappa shape index (κ2) is 8.03. The normalized spacial score (nSPS) is 11.9. The van der Waals surface area contributed by atoms with Crippen LogP contribution >= 0.6 is 0 Å². The first-order chi connectivity index (χ1) is 13.0. The first-order valence-electron chi connectivity index (χ1n) is 8.65. The molecular weight excluding hydrogens is 346 g/mol. The summed E-state index contributed by atoms with van der Waals surface area (Å²) in [5.74, 6) is 2.18. The molecule has 1 aromatic heterocycles. The van der Waals surface area contributed by atoms with Crippen molar-refractivity contribution in [2.45, 2.75) is 19.9 Å². The standard InChI is InChI=1S/C21H23NO5/c1-13-8-9-16(19(10-13)25-4)26-12-20(23)22-14(2)18-11-15-6-5-7-17(24-3)21(15)27-18/h5-11,14H,12H2,1-4H3,(H,22,23). The quantitative estimate of drug-likeness (QED) is 0.681. The smallest absolute Gasteiger partial charge is 0.258 e. The van der Waals surface area contributed by atoms with Crippen molar-refractivity contribution in [3.05, 3.63) is 53.8 Å². The monoisotopic (exact) mass is 369 g/mol. The molecule has 2 aromatic carbocycles. The maximum atomic E-state index is 12.3. The molecule has 3 aromatic rings. The zero-order chi connectivity index (χ0) is 19.4. The zero-order valence-corrected chi connectivity index (χ0v) is 15.9. The van der Waals surface area contributed by atoms with Crippen LogP contribution in [0.15, 0.2) is 46.9 Å². The number of hydrogen-bond donors (Lipinski definition) is 1. The summed E-state index contributed by atoms with van der Waals surface area (Å²) in [4.78, 5) is 12.3. The molecule has 142 valence electrons. The molecule has 0 spiro atoms. The number of carbonyl (C=O) groups excluding carboxylic acids is 1. The lowest BCUT2D eigenvalue weighted by molar-refractivity contribution is -0.123. The van der Waals surface area contributed by atoms with Gasteiger partial charge in [0.15, 0.2) is 29.4 Å². The van der Waals surface area contributed by atoms with Crippen LogP contribution in [0.4, 0.5) is 0 Å². The molecule has 0 aliphatic heterocycles. The summed E-state index contributed by atoms with van der Waals surface area (Å²) in [6.07, 6.45) is 0. The number of aryl methyl sites for hydroxylation is 1.